The van der Waals surface area contributed by atoms with E-state index >= 15 is 0 Å². The van der Waals surface area contributed by atoms with Crippen LogP contribution in [0.1, 0.15) is 21.6 Å². The second-order valence-electron chi connectivity index (χ2n) is 5.00. The van der Waals surface area contributed by atoms with Crippen LogP contribution in [0.4, 0.5) is 0 Å². The van der Waals surface area contributed by atoms with E-state index in [4.69, 9.17) is 11.6 Å². The summed E-state index contributed by atoms with van der Waals surface area (Å²) in [6, 6.07) is 7.48. The SMILES string of the molecule is Cc1[nH]ncc1C(=O)NC[C@H](CO)Cc1ccc(Cl)cc1. The van der Waals surface area contributed by atoms with E-state index in [0.717, 1.165) is 11.3 Å². The van der Waals surface area contributed by atoms with Gasteiger partial charge >= 0.3 is 0 Å². The first kappa shape index (κ1) is 15.5. The van der Waals surface area contributed by atoms with Gasteiger partial charge in [-0.05, 0) is 31.0 Å². The maximum absolute atomic E-state index is 12.0. The van der Waals surface area contributed by atoms with Crippen molar-refractivity contribution < 1.29 is 9.90 Å². The zero-order valence-electron chi connectivity index (χ0n) is 11.8. The normalized spacial score (nSPS) is 12.1. The monoisotopic (exact) mass is 307 g/mol. The van der Waals surface area contributed by atoms with Crippen LogP contribution in [-0.2, 0) is 6.42 Å². The van der Waals surface area contributed by atoms with E-state index in [1.165, 1.54) is 6.20 Å². The van der Waals surface area contributed by atoms with Crippen LogP contribution in [0.3, 0.4) is 0 Å². The molecule has 3 N–H and O–H groups in total. The molecule has 5 nitrogen and oxygen atoms in total. The van der Waals surface area contributed by atoms with Crippen LogP contribution < -0.4 is 5.32 Å². The van der Waals surface area contributed by atoms with Gasteiger partial charge < -0.3 is 10.4 Å². The summed E-state index contributed by atoms with van der Waals surface area (Å²) in [6.07, 6.45) is 2.18. The highest BCUT2D eigenvalue weighted by Gasteiger charge is 2.14. The number of amides is 1. The molecule has 1 amide bonds. The molecule has 0 bridgehead atoms. The average molecular weight is 308 g/mol. The number of rotatable bonds is 6. The lowest BCUT2D eigenvalue weighted by Crippen LogP contribution is -2.32. The van der Waals surface area contributed by atoms with E-state index in [1.807, 2.05) is 24.3 Å². The quantitative estimate of drug-likeness (QED) is 0.763. The molecule has 0 aliphatic heterocycles. The van der Waals surface area contributed by atoms with Crippen molar-refractivity contribution in [3.8, 4) is 0 Å². The minimum Gasteiger partial charge on any atom is -0.396 e. The number of H-pyrrole nitrogens is 1. The van der Waals surface area contributed by atoms with Crippen molar-refractivity contribution in [1.29, 1.82) is 0 Å². The average Bonchev–Trinajstić information content (AvgIpc) is 2.91. The van der Waals surface area contributed by atoms with Gasteiger partial charge in [-0.1, -0.05) is 23.7 Å². The maximum Gasteiger partial charge on any atom is 0.254 e. The lowest BCUT2D eigenvalue weighted by atomic mass is 10.00. The predicted molar refractivity (Wildman–Crippen MR) is 81.4 cm³/mol. The number of carbonyl (C=O) groups is 1. The summed E-state index contributed by atoms with van der Waals surface area (Å²) in [5.41, 5.74) is 2.33. The van der Waals surface area contributed by atoms with E-state index in [0.29, 0.717) is 23.6 Å². The first-order valence-electron chi connectivity index (χ1n) is 6.73. The summed E-state index contributed by atoms with van der Waals surface area (Å²) in [5, 5.41) is 19.5. The molecule has 1 heterocycles. The van der Waals surface area contributed by atoms with Crippen molar-refractivity contribution in [3.05, 3.63) is 52.3 Å². The Bertz CT molecular complexity index is 595. The third kappa shape index (κ3) is 4.31. The number of nitrogens with zero attached hydrogens (tertiary/aromatic N) is 1. The zero-order valence-corrected chi connectivity index (χ0v) is 12.5. The molecule has 1 atom stereocenters. The molecular weight excluding hydrogens is 290 g/mol. The van der Waals surface area contributed by atoms with Gasteiger partial charge in [0.15, 0.2) is 0 Å². The molecule has 0 saturated heterocycles. The Balaban J connectivity index is 1.89. The van der Waals surface area contributed by atoms with E-state index in [2.05, 4.69) is 15.5 Å². The minimum atomic E-state index is -0.184. The Kier molecular flexibility index (Phi) is 5.36. The molecular formula is C15H18ClN3O2. The topological polar surface area (TPSA) is 78.0 Å². The van der Waals surface area contributed by atoms with Crippen molar-refractivity contribution in [1.82, 2.24) is 15.5 Å². The number of benzene rings is 1. The molecule has 0 fully saturated rings. The highest BCUT2D eigenvalue weighted by Crippen LogP contribution is 2.13. The van der Waals surface area contributed by atoms with Crippen molar-refractivity contribution in [2.24, 2.45) is 5.92 Å². The standard InChI is InChI=1S/C15H18ClN3O2/c1-10-14(8-18-19-10)15(21)17-7-12(9-20)6-11-2-4-13(16)5-3-11/h2-5,8,12,20H,6-7,9H2,1H3,(H,17,21)(H,18,19)/t12-/m1/s1. The first-order valence-corrected chi connectivity index (χ1v) is 7.11. The fraction of sp³-hybridized carbons (Fsp3) is 0.333. The lowest BCUT2D eigenvalue weighted by molar-refractivity contribution is 0.0939. The number of halogens is 1. The second-order valence-corrected chi connectivity index (χ2v) is 5.43. The van der Waals surface area contributed by atoms with Gasteiger partial charge in [0.1, 0.15) is 0 Å². The van der Waals surface area contributed by atoms with E-state index < -0.39 is 0 Å². The molecule has 0 unspecified atom stereocenters. The summed E-state index contributed by atoms with van der Waals surface area (Å²) in [6.45, 7) is 2.20. The lowest BCUT2D eigenvalue weighted by Gasteiger charge is -2.15. The molecule has 0 spiro atoms. The predicted octanol–water partition coefficient (Wildman–Crippen LogP) is 1.95. The van der Waals surface area contributed by atoms with Crippen molar-refractivity contribution in [2.75, 3.05) is 13.2 Å². The number of aromatic amines is 1. The molecule has 0 saturated carbocycles. The molecule has 1 aromatic heterocycles. The number of hydrogen-bond donors (Lipinski definition) is 3. The summed E-state index contributed by atoms with van der Waals surface area (Å²) >= 11 is 5.84. The number of hydrogen-bond acceptors (Lipinski definition) is 3. The third-order valence-corrected chi connectivity index (χ3v) is 3.57. The molecule has 0 aliphatic rings. The Morgan fingerprint density at radius 3 is 2.71 bits per heavy atom. The van der Waals surface area contributed by atoms with Gasteiger partial charge in [0.05, 0.1) is 11.8 Å². The van der Waals surface area contributed by atoms with Crippen LogP contribution in [0.15, 0.2) is 30.5 Å². The molecule has 2 rings (SSSR count). The largest absolute Gasteiger partial charge is 0.396 e. The minimum absolute atomic E-state index is 0.00722. The van der Waals surface area contributed by atoms with Gasteiger partial charge in [-0.2, -0.15) is 5.10 Å². The number of aliphatic hydroxyl groups is 1. The first-order chi connectivity index (χ1) is 10.1. The van der Waals surface area contributed by atoms with Gasteiger partial charge in [0.2, 0.25) is 0 Å². The molecule has 1 aromatic carbocycles. The van der Waals surface area contributed by atoms with Crippen LogP contribution in [0.5, 0.6) is 0 Å². The van der Waals surface area contributed by atoms with Crippen molar-refractivity contribution in [3.63, 3.8) is 0 Å². The van der Waals surface area contributed by atoms with Gasteiger partial charge in [-0.15, -0.1) is 0 Å². The van der Waals surface area contributed by atoms with Gasteiger partial charge in [-0.3, -0.25) is 9.89 Å². The van der Waals surface area contributed by atoms with Gasteiger partial charge in [0.25, 0.3) is 5.91 Å². The fourth-order valence-corrected chi connectivity index (χ4v) is 2.19. The number of carbonyl (C=O) groups excluding carboxylic acids is 1. The maximum atomic E-state index is 12.0. The van der Waals surface area contributed by atoms with Gasteiger partial charge in [-0.25, -0.2) is 0 Å². The Hall–Kier alpha value is -1.85. The van der Waals surface area contributed by atoms with Crippen LogP contribution in [0.25, 0.3) is 0 Å². The number of aryl methyl sites for hydroxylation is 1. The number of nitrogens with one attached hydrogen (secondary N) is 2. The molecule has 21 heavy (non-hydrogen) atoms. The molecule has 112 valence electrons. The highest BCUT2D eigenvalue weighted by atomic mass is 35.5. The van der Waals surface area contributed by atoms with E-state index in [9.17, 15) is 9.90 Å². The molecule has 0 aliphatic carbocycles. The Morgan fingerprint density at radius 2 is 2.14 bits per heavy atom. The van der Waals surface area contributed by atoms with Crippen LogP contribution in [0.2, 0.25) is 5.02 Å². The summed E-state index contributed by atoms with van der Waals surface area (Å²) in [5.74, 6) is -0.224. The number of aliphatic hydroxyl groups excluding tert-OH is 1. The summed E-state index contributed by atoms with van der Waals surface area (Å²) in [7, 11) is 0. The summed E-state index contributed by atoms with van der Waals surface area (Å²) in [4.78, 5) is 12.0. The third-order valence-electron chi connectivity index (χ3n) is 3.32. The van der Waals surface area contributed by atoms with Crippen LogP contribution >= 0.6 is 11.6 Å². The second kappa shape index (κ2) is 7.24. The molecule has 0 radical (unpaired) electrons. The van der Waals surface area contributed by atoms with Crippen LogP contribution in [0, 0.1) is 12.8 Å². The Labute approximate surface area is 128 Å². The Morgan fingerprint density at radius 1 is 1.43 bits per heavy atom. The summed E-state index contributed by atoms with van der Waals surface area (Å²) < 4.78 is 0. The highest BCUT2D eigenvalue weighted by molar-refractivity contribution is 6.30. The van der Waals surface area contributed by atoms with E-state index in [1.54, 1.807) is 6.92 Å². The zero-order chi connectivity index (χ0) is 15.2. The fourth-order valence-electron chi connectivity index (χ4n) is 2.07. The van der Waals surface area contributed by atoms with E-state index in [-0.39, 0.29) is 18.4 Å². The number of aromatic nitrogens is 2. The van der Waals surface area contributed by atoms with Crippen molar-refractivity contribution in [2.45, 2.75) is 13.3 Å². The smallest absolute Gasteiger partial charge is 0.254 e. The molecule has 6 heteroatoms. The van der Waals surface area contributed by atoms with Gasteiger partial charge in [0, 0.05) is 29.8 Å². The van der Waals surface area contributed by atoms with Crippen LogP contribution in [-0.4, -0.2) is 34.4 Å². The van der Waals surface area contributed by atoms with Crippen molar-refractivity contribution >= 4 is 17.5 Å². The molecule has 2 aromatic rings.